The van der Waals surface area contributed by atoms with Crippen LogP contribution in [0.5, 0.6) is 0 Å². The molecule has 1 rings (SSSR count). The van der Waals surface area contributed by atoms with E-state index in [2.05, 4.69) is 0 Å². The second-order valence-corrected chi connectivity index (χ2v) is 4.84. The van der Waals surface area contributed by atoms with E-state index in [1.54, 1.807) is 6.07 Å². The lowest BCUT2D eigenvalue weighted by atomic mass is 10.2. The first-order chi connectivity index (χ1) is 12.2. The molecule has 0 aromatic heterocycles. The Labute approximate surface area is 145 Å². The van der Waals surface area contributed by atoms with E-state index in [4.69, 9.17) is 5.11 Å². The molecule has 0 aliphatic rings. The van der Waals surface area contributed by atoms with Gasteiger partial charge in [-0.25, -0.2) is 10.1 Å². The number of benzene rings is 1. The van der Waals surface area contributed by atoms with Gasteiger partial charge in [-0.2, -0.15) is 0 Å². The van der Waals surface area contributed by atoms with Crippen molar-refractivity contribution in [1.82, 2.24) is 10.6 Å². The highest BCUT2D eigenvalue weighted by Gasteiger charge is 2.39. The Balaban J connectivity index is 2.76. The van der Waals surface area contributed by atoms with Crippen molar-refractivity contribution in [2.45, 2.75) is 12.6 Å². The predicted molar refractivity (Wildman–Crippen MR) is 85.0 cm³/mol. The summed E-state index contributed by atoms with van der Waals surface area (Å²) in [5.41, 5.74) is -0.0915. The van der Waals surface area contributed by atoms with Gasteiger partial charge >= 0.3 is 12.1 Å². The molecule has 0 spiro atoms. The number of carboxylic acids is 1. The average molecular weight is 369 g/mol. The number of anilines is 1. The molecule has 26 heavy (non-hydrogen) atoms. The van der Waals surface area contributed by atoms with E-state index in [0.29, 0.717) is 0 Å². The lowest BCUT2D eigenvalue weighted by Gasteiger charge is -2.17. The number of para-hydroxylation sites is 1. The van der Waals surface area contributed by atoms with Crippen molar-refractivity contribution in [3.63, 3.8) is 0 Å². The molecule has 2 amide bonds. The van der Waals surface area contributed by atoms with Crippen LogP contribution in [0.2, 0.25) is 0 Å². The molecule has 0 fully saturated rings. The maximum absolute atomic E-state index is 11.8. The van der Waals surface area contributed by atoms with E-state index in [1.165, 1.54) is 24.3 Å². The van der Waals surface area contributed by atoms with Gasteiger partial charge in [0.25, 0.3) is 0 Å². The van der Waals surface area contributed by atoms with Crippen LogP contribution in [0, 0.1) is 20.2 Å². The number of hydrogen-bond donors (Lipinski definition) is 3. The van der Waals surface area contributed by atoms with E-state index in [0.717, 1.165) is 0 Å². The Morgan fingerprint density at radius 2 is 1.62 bits per heavy atom. The Kier molecular flexibility index (Phi) is 7.41. The van der Waals surface area contributed by atoms with Gasteiger partial charge < -0.3 is 15.7 Å². The molecule has 0 aliphatic carbocycles. The van der Waals surface area contributed by atoms with Gasteiger partial charge in [-0.05, 0) is 17.1 Å². The van der Waals surface area contributed by atoms with Crippen molar-refractivity contribution < 1.29 is 29.4 Å². The molecule has 13 nitrogen and oxygen atoms in total. The van der Waals surface area contributed by atoms with E-state index in [1.807, 2.05) is 10.6 Å². The minimum absolute atomic E-state index is 0.0915. The first-order valence-corrected chi connectivity index (χ1v) is 7.09. The SMILES string of the molecule is O=C(O)CNC(=O)CNC(=O)CC(N(c1ccccc1)[N+](=O)[O-])[N+](=O)[O-]. The Morgan fingerprint density at radius 1 is 1.04 bits per heavy atom. The normalized spacial score (nSPS) is 11.1. The summed E-state index contributed by atoms with van der Waals surface area (Å²) < 4.78 is 0. The number of aliphatic carboxylic acids is 1. The number of amides is 2. The molecule has 0 heterocycles. The zero-order chi connectivity index (χ0) is 19.7. The molecule has 0 radical (unpaired) electrons. The maximum atomic E-state index is 11.8. The molecule has 0 saturated carbocycles. The molecule has 1 unspecified atom stereocenters. The van der Waals surface area contributed by atoms with Crippen LogP contribution in [-0.2, 0) is 14.4 Å². The van der Waals surface area contributed by atoms with Gasteiger partial charge in [0.1, 0.15) is 18.7 Å². The zero-order valence-corrected chi connectivity index (χ0v) is 13.2. The van der Waals surface area contributed by atoms with Crippen LogP contribution >= 0.6 is 0 Å². The van der Waals surface area contributed by atoms with Gasteiger partial charge in [-0.1, -0.05) is 18.2 Å². The highest BCUT2D eigenvalue weighted by Crippen LogP contribution is 2.18. The van der Waals surface area contributed by atoms with Gasteiger partial charge in [-0.15, -0.1) is 0 Å². The van der Waals surface area contributed by atoms with Crippen LogP contribution in [0.4, 0.5) is 5.69 Å². The number of carboxylic acid groups (broad SMARTS) is 1. The number of rotatable bonds is 10. The fourth-order valence-corrected chi connectivity index (χ4v) is 1.86. The van der Waals surface area contributed by atoms with E-state index >= 15 is 0 Å². The second kappa shape index (κ2) is 9.51. The van der Waals surface area contributed by atoms with Gasteiger partial charge in [0.05, 0.1) is 11.5 Å². The third-order valence-corrected chi connectivity index (χ3v) is 2.97. The number of carbonyl (C=O) groups is 3. The summed E-state index contributed by atoms with van der Waals surface area (Å²) in [4.78, 5) is 54.8. The molecule has 1 aromatic carbocycles. The summed E-state index contributed by atoms with van der Waals surface area (Å²) in [5.74, 6) is -3.10. The minimum atomic E-state index is -2.01. The highest BCUT2D eigenvalue weighted by molar-refractivity contribution is 5.86. The van der Waals surface area contributed by atoms with Crippen LogP contribution in [-0.4, -0.2) is 52.1 Å². The molecule has 1 aromatic rings. The van der Waals surface area contributed by atoms with E-state index in [9.17, 15) is 34.6 Å². The monoisotopic (exact) mass is 369 g/mol. The standard InChI is InChI=1S/C13H15N5O8/c19-10(14-7-11(20)15-8-13(21)22)6-12(17(23)24)16(18(25)26)9-4-2-1-3-5-9/h1-5,12H,6-8H2,(H,14,19)(H,15,20)(H,21,22). The molecule has 1 atom stereocenters. The summed E-state index contributed by atoms with van der Waals surface area (Å²) >= 11 is 0. The van der Waals surface area contributed by atoms with E-state index in [-0.39, 0.29) is 10.7 Å². The number of hydrogen-bond acceptors (Lipinski definition) is 7. The molecule has 0 aliphatic heterocycles. The molecule has 13 heteroatoms. The lowest BCUT2D eigenvalue weighted by Crippen LogP contribution is -2.48. The van der Waals surface area contributed by atoms with Crippen molar-refractivity contribution in [1.29, 1.82) is 0 Å². The lowest BCUT2D eigenvalue weighted by molar-refractivity contribution is -0.598. The van der Waals surface area contributed by atoms with Crippen LogP contribution < -0.4 is 15.6 Å². The van der Waals surface area contributed by atoms with Crippen molar-refractivity contribution in [3.8, 4) is 0 Å². The zero-order valence-electron chi connectivity index (χ0n) is 13.2. The van der Waals surface area contributed by atoms with Crippen LogP contribution in [0.1, 0.15) is 6.42 Å². The summed E-state index contributed by atoms with van der Waals surface area (Å²) in [6, 6.07) is 6.99. The number of nitrogens with one attached hydrogen (secondary N) is 2. The molecular weight excluding hydrogens is 354 g/mol. The fraction of sp³-hybridized carbons (Fsp3) is 0.308. The smallest absolute Gasteiger partial charge is 0.350 e. The van der Waals surface area contributed by atoms with Crippen molar-refractivity contribution >= 4 is 23.5 Å². The van der Waals surface area contributed by atoms with Gasteiger partial charge in [0.15, 0.2) is 5.03 Å². The van der Waals surface area contributed by atoms with Crippen molar-refractivity contribution in [3.05, 3.63) is 50.6 Å². The van der Waals surface area contributed by atoms with Crippen molar-refractivity contribution in [2.24, 2.45) is 0 Å². The minimum Gasteiger partial charge on any atom is -0.480 e. The second-order valence-electron chi connectivity index (χ2n) is 4.84. The highest BCUT2D eigenvalue weighted by atomic mass is 16.7. The number of hydrazine groups is 1. The third kappa shape index (κ3) is 6.38. The molecular formula is C13H15N5O8. The Bertz CT molecular complexity index is 695. The van der Waals surface area contributed by atoms with Crippen molar-refractivity contribution in [2.75, 3.05) is 18.1 Å². The van der Waals surface area contributed by atoms with Gasteiger partial charge in [-0.3, -0.25) is 24.5 Å². The van der Waals surface area contributed by atoms with Crippen LogP contribution in [0.15, 0.2) is 30.3 Å². The molecule has 0 bridgehead atoms. The maximum Gasteiger partial charge on any atom is 0.350 e. The first kappa shape index (κ1) is 20.3. The largest absolute Gasteiger partial charge is 0.480 e. The fourth-order valence-electron chi connectivity index (χ4n) is 1.86. The summed E-state index contributed by atoms with van der Waals surface area (Å²) in [6.07, 6.45) is -2.90. The van der Waals surface area contributed by atoms with Gasteiger partial charge in [0, 0.05) is 0 Å². The molecule has 3 N–H and O–H groups in total. The number of nitrogens with zero attached hydrogens (tertiary/aromatic N) is 3. The third-order valence-electron chi connectivity index (χ3n) is 2.97. The predicted octanol–water partition coefficient (Wildman–Crippen LogP) is -1.01. The average Bonchev–Trinajstić information content (AvgIpc) is 2.58. The summed E-state index contributed by atoms with van der Waals surface area (Å²) in [7, 11) is 0. The summed E-state index contributed by atoms with van der Waals surface area (Å²) in [6.45, 7) is -1.28. The van der Waals surface area contributed by atoms with E-state index < -0.39 is 53.4 Å². The first-order valence-electron chi connectivity index (χ1n) is 7.09. The topological polar surface area (TPSA) is 185 Å². The Hall–Kier alpha value is -3.77. The van der Waals surface area contributed by atoms with Gasteiger partial charge in [0.2, 0.25) is 11.8 Å². The molecule has 0 saturated heterocycles. The van der Waals surface area contributed by atoms with Crippen LogP contribution in [0.3, 0.4) is 0 Å². The quantitative estimate of drug-likeness (QED) is 0.264. The Morgan fingerprint density at radius 3 is 2.12 bits per heavy atom. The number of nitro groups is 2. The molecule has 140 valence electrons. The number of carbonyl (C=O) groups excluding carboxylic acids is 2. The summed E-state index contributed by atoms with van der Waals surface area (Å²) in [5, 5.41) is 34.1. The van der Waals surface area contributed by atoms with Crippen LogP contribution in [0.25, 0.3) is 0 Å².